The van der Waals surface area contributed by atoms with Crippen LogP contribution in [0.5, 0.6) is 5.75 Å². The summed E-state index contributed by atoms with van der Waals surface area (Å²) in [4.78, 5) is 0. The first kappa shape index (κ1) is 20.6. The summed E-state index contributed by atoms with van der Waals surface area (Å²) in [6, 6.07) is 12.7. The molecular weight excluding hydrogens is 380 g/mol. The minimum atomic E-state index is 0.343. The van der Waals surface area contributed by atoms with Crippen molar-refractivity contribution in [1.29, 1.82) is 0 Å². The Kier molecular flexibility index (Phi) is 6.36. The molecule has 1 aliphatic heterocycles. The predicted octanol–water partition coefficient (Wildman–Crippen LogP) is 5.99. The summed E-state index contributed by atoms with van der Waals surface area (Å²) in [6.07, 6.45) is 7.29. The van der Waals surface area contributed by atoms with E-state index in [1.54, 1.807) is 0 Å². The van der Waals surface area contributed by atoms with Crippen LogP contribution in [0.15, 0.2) is 36.4 Å². The first-order chi connectivity index (χ1) is 14.0. The number of ether oxygens (including phenoxy) is 1. The monoisotopic (exact) mass is 412 g/mol. The van der Waals surface area contributed by atoms with Gasteiger partial charge in [-0.25, -0.2) is 0 Å². The molecule has 2 N–H and O–H groups in total. The Labute approximate surface area is 180 Å². The molecule has 0 aromatic heterocycles. The van der Waals surface area contributed by atoms with Crippen LogP contribution in [0.3, 0.4) is 0 Å². The molecule has 0 amide bonds. The molecule has 2 aliphatic rings. The average molecular weight is 413 g/mol. The number of nitrogens with one attached hydrogen (secondary N) is 2. The molecule has 0 spiro atoms. The van der Waals surface area contributed by atoms with E-state index in [1.165, 1.54) is 36.0 Å². The lowest BCUT2D eigenvalue weighted by atomic mass is 9.76. The fourth-order valence-corrected chi connectivity index (χ4v) is 4.98. The zero-order valence-electron chi connectivity index (χ0n) is 17.7. The molecule has 0 bridgehead atoms. The van der Waals surface area contributed by atoms with Crippen LogP contribution in [0.4, 0.5) is 5.69 Å². The van der Waals surface area contributed by atoms with Crippen LogP contribution in [-0.2, 0) is 19.4 Å². The summed E-state index contributed by atoms with van der Waals surface area (Å²) in [5.41, 5.74) is 5.50. The van der Waals surface area contributed by atoms with Crippen molar-refractivity contribution in [3.8, 4) is 5.75 Å². The fourth-order valence-electron chi connectivity index (χ4n) is 4.73. The molecule has 4 heteroatoms. The number of hydrogen-bond acceptors (Lipinski definition) is 3. The third kappa shape index (κ3) is 5.26. The zero-order chi connectivity index (χ0) is 20.3. The van der Waals surface area contributed by atoms with Crippen LogP contribution in [-0.4, -0.2) is 19.2 Å². The van der Waals surface area contributed by atoms with Crippen molar-refractivity contribution < 1.29 is 4.74 Å². The Balaban J connectivity index is 1.39. The molecule has 1 unspecified atom stereocenters. The summed E-state index contributed by atoms with van der Waals surface area (Å²) in [7, 11) is 0. The molecule has 1 fully saturated rings. The highest BCUT2D eigenvalue weighted by molar-refractivity contribution is 6.33. The number of anilines is 1. The third-order valence-electron chi connectivity index (χ3n) is 6.34. The van der Waals surface area contributed by atoms with E-state index >= 15 is 0 Å². The number of fused-ring (bicyclic) bond motifs is 1. The summed E-state index contributed by atoms with van der Waals surface area (Å²) in [5, 5.41) is 7.88. The standard InChI is InChI=1S/C25H33ClN2O/c1-25(2)13-3-4-21(16-25)29-20-8-5-18(6-9-20)17-28-24-22-12-15-27-14-11-19(22)7-10-23(24)26/h5-10,21,27-28H,3-4,11-17H2,1-2H3. The highest BCUT2D eigenvalue weighted by Gasteiger charge is 2.29. The van der Waals surface area contributed by atoms with Gasteiger partial charge >= 0.3 is 0 Å². The van der Waals surface area contributed by atoms with Crippen molar-refractivity contribution in [3.05, 3.63) is 58.1 Å². The van der Waals surface area contributed by atoms with Gasteiger partial charge in [0.2, 0.25) is 0 Å². The van der Waals surface area contributed by atoms with Crippen LogP contribution < -0.4 is 15.4 Å². The Morgan fingerprint density at radius 1 is 1.10 bits per heavy atom. The van der Waals surface area contributed by atoms with Crippen molar-refractivity contribution >= 4 is 17.3 Å². The van der Waals surface area contributed by atoms with Crippen molar-refractivity contribution in [2.24, 2.45) is 5.41 Å². The molecule has 29 heavy (non-hydrogen) atoms. The molecular formula is C25H33ClN2O. The molecule has 3 nitrogen and oxygen atoms in total. The number of hydrogen-bond donors (Lipinski definition) is 2. The van der Waals surface area contributed by atoms with Crippen LogP contribution in [0.1, 0.15) is 56.2 Å². The van der Waals surface area contributed by atoms with Crippen molar-refractivity contribution in [2.45, 2.75) is 65.0 Å². The van der Waals surface area contributed by atoms with Gasteiger partial charge in [-0.15, -0.1) is 0 Å². The molecule has 1 aliphatic carbocycles. The average Bonchev–Trinajstić information content (AvgIpc) is 2.93. The number of halogens is 1. The highest BCUT2D eigenvalue weighted by Crippen LogP contribution is 2.37. The number of rotatable bonds is 5. The molecule has 1 saturated carbocycles. The maximum absolute atomic E-state index is 6.53. The minimum Gasteiger partial charge on any atom is -0.490 e. The van der Waals surface area contributed by atoms with E-state index in [-0.39, 0.29) is 0 Å². The minimum absolute atomic E-state index is 0.343. The lowest BCUT2D eigenvalue weighted by Crippen LogP contribution is -2.30. The van der Waals surface area contributed by atoms with Crippen molar-refractivity contribution in [2.75, 3.05) is 18.4 Å². The smallest absolute Gasteiger partial charge is 0.119 e. The van der Waals surface area contributed by atoms with E-state index in [1.807, 2.05) is 6.07 Å². The van der Waals surface area contributed by atoms with Crippen molar-refractivity contribution in [1.82, 2.24) is 5.32 Å². The lowest BCUT2D eigenvalue weighted by molar-refractivity contribution is 0.0851. The largest absolute Gasteiger partial charge is 0.490 e. The van der Waals surface area contributed by atoms with E-state index < -0.39 is 0 Å². The van der Waals surface area contributed by atoms with E-state index in [0.29, 0.717) is 11.5 Å². The predicted molar refractivity (Wildman–Crippen MR) is 122 cm³/mol. The molecule has 1 heterocycles. The zero-order valence-corrected chi connectivity index (χ0v) is 18.4. The SMILES string of the molecule is CC1(C)CCCC(Oc2ccc(CNc3c(Cl)ccc4c3CCNCC4)cc2)C1. The molecule has 0 saturated heterocycles. The van der Waals surface area contributed by atoms with Gasteiger partial charge in [-0.1, -0.05) is 43.6 Å². The second-order valence-electron chi connectivity index (χ2n) is 9.31. The van der Waals surface area contributed by atoms with Gasteiger partial charge in [0, 0.05) is 6.54 Å². The first-order valence-electron chi connectivity index (χ1n) is 11.0. The second kappa shape index (κ2) is 8.97. The normalized spacial score (nSPS) is 21.1. The molecule has 156 valence electrons. The summed E-state index contributed by atoms with van der Waals surface area (Å²) >= 11 is 6.53. The fraction of sp³-hybridized carbons (Fsp3) is 0.520. The van der Waals surface area contributed by atoms with Crippen LogP contribution in [0.2, 0.25) is 5.02 Å². The molecule has 4 rings (SSSR count). The Morgan fingerprint density at radius 3 is 2.69 bits per heavy atom. The topological polar surface area (TPSA) is 33.3 Å². The maximum Gasteiger partial charge on any atom is 0.119 e. The molecule has 2 aromatic carbocycles. The van der Waals surface area contributed by atoms with Crippen molar-refractivity contribution in [3.63, 3.8) is 0 Å². The first-order valence-corrected chi connectivity index (χ1v) is 11.4. The van der Waals surface area contributed by atoms with Gasteiger partial charge in [0.05, 0.1) is 16.8 Å². The summed E-state index contributed by atoms with van der Waals surface area (Å²) < 4.78 is 6.27. The summed E-state index contributed by atoms with van der Waals surface area (Å²) in [5.74, 6) is 0.981. The highest BCUT2D eigenvalue weighted by atomic mass is 35.5. The van der Waals surface area contributed by atoms with Gasteiger partial charge in [-0.3, -0.25) is 0 Å². The molecule has 1 atom stereocenters. The number of benzene rings is 2. The van der Waals surface area contributed by atoms with Gasteiger partial charge in [0.25, 0.3) is 0 Å². The Hall–Kier alpha value is -1.71. The van der Waals surface area contributed by atoms with E-state index in [2.05, 4.69) is 54.8 Å². The van der Waals surface area contributed by atoms with E-state index in [0.717, 1.165) is 55.4 Å². The summed E-state index contributed by atoms with van der Waals surface area (Å²) in [6.45, 7) is 7.51. The maximum atomic E-state index is 6.53. The van der Waals surface area contributed by atoms with Gasteiger partial charge in [-0.2, -0.15) is 0 Å². The lowest BCUT2D eigenvalue weighted by Gasteiger charge is -2.35. The van der Waals surface area contributed by atoms with E-state index in [9.17, 15) is 0 Å². The van der Waals surface area contributed by atoms with Crippen LogP contribution >= 0.6 is 11.6 Å². The van der Waals surface area contributed by atoms with Gasteiger partial charge in [0.1, 0.15) is 5.75 Å². The second-order valence-corrected chi connectivity index (χ2v) is 9.72. The Bertz CT molecular complexity index is 831. The molecule has 2 aromatic rings. The van der Waals surface area contributed by atoms with Gasteiger partial charge in [0.15, 0.2) is 0 Å². The quantitative estimate of drug-likeness (QED) is 0.632. The van der Waals surface area contributed by atoms with E-state index in [4.69, 9.17) is 16.3 Å². The van der Waals surface area contributed by atoms with Crippen LogP contribution in [0, 0.1) is 5.41 Å². The third-order valence-corrected chi connectivity index (χ3v) is 6.65. The molecule has 0 radical (unpaired) electrons. The van der Waals surface area contributed by atoms with Gasteiger partial charge in [-0.05, 0) is 91.9 Å². The van der Waals surface area contributed by atoms with Crippen LogP contribution in [0.25, 0.3) is 0 Å². The Morgan fingerprint density at radius 2 is 1.90 bits per heavy atom. The van der Waals surface area contributed by atoms with Gasteiger partial charge < -0.3 is 15.4 Å².